The van der Waals surface area contributed by atoms with Crippen molar-refractivity contribution in [1.29, 1.82) is 0 Å². The summed E-state index contributed by atoms with van der Waals surface area (Å²) >= 11 is 1.16. The molecule has 0 saturated carbocycles. The monoisotopic (exact) mass is 318 g/mol. The first-order valence-electron chi connectivity index (χ1n) is 6.38. The summed E-state index contributed by atoms with van der Waals surface area (Å²) in [6.07, 6.45) is 3.01. The van der Waals surface area contributed by atoms with Gasteiger partial charge in [-0.3, -0.25) is 19.4 Å². The summed E-state index contributed by atoms with van der Waals surface area (Å²) in [4.78, 5) is 39.3. The number of anilines is 1. The fourth-order valence-corrected chi connectivity index (χ4v) is 2.37. The van der Waals surface area contributed by atoms with Crippen molar-refractivity contribution in [3.63, 3.8) is 0 Å². The second-order valence-corrected chi connectivity index (χ2v) is 5.37. The number of amides is 3. The molecular formula is C14H14N4O3S. The van der Waals surface area contributed by atoms with Crippen LogP contribution in [-0.4, -0.2) is 28.7 Å². The van der Waals surface area contributed by atoms with Crippen LogP contribution in [0.25, 0.3) is 0 Å². The molecule has 2 aromatic heterocycles. The smallest absolute Gasteiger partial charge is 0.264 e. The zero-order valence-corrected chi connectivity index (χ0v) is 12.5. The van der Waals surface area contributed by atoms with Crippen LogP contribution in [-0.2, 0) is 4.79 Å². The number of carbonyl (C=O) groups is 3. The molecule has 0 saturated heterocycles. The van der Waals surface area contributed by atoms with Crippen molar-refractivity contribution in [2.24, 2.45) is 5.73 Å². The predicted octanol–water partition coefficient (Wildman–Crippen LogP) is 0.999. The largest absolute Gasteiger partial charge is 0.368 e. The maximum atomic E-state index is 12.1. The van der Waals surface area contributed by atoms with Crippen molar-refractivity contribution in [1.82, 2.24) is 10.3 Å². The average Bonchev–Trinajstić information content (AvgIpc) is 2.96. The Morgan fingerprint density at radius 2 is 1.86 bits per heavy atom. The molecule has 8 heteroatoms. The summed E-state index contributed by atoms with van der Waals surface area (Å²) < 4.78 is 0. The Balaban J connectivity index is 2.11. The van der Waals surface area contributed by atoms with Gasteiger partial charge < -0.3 is 16.4 Å². The van der Waals surface area contributed by atoms with E-state index in [9.17, 15) is 14.4 Å². The molecular weight excluding hydrogens is 304 g/mol. The molecule has 0 radical (unpaired) electrons. The molecule has 1 unspecified atom stereocenters. The fourth-order valence-electron chi connectivity index (χ4n) is 1.61. The maximum absolute atomic E-state index is 12.1. The lowest BCUT2D eigenvalue weighted by molar-refractivity contribution is -0.119. The third-order valence-electron chi connectivity index (χ3n) is 2.84. The summed E-state index contributed by atoms with van der Waals surface area (Å²) in [5.41, 5.74) is 5.91. The van der Waals surface area contributed by atoms with Gasteiger partial charge in [0.15, 0.2) is 0 Å². The first kappa shape index (κ1) is 15.6. The zero-order valence-electron chi connectivity index (χ0n) is 11.7. The number of thiophene rings is 1. The van der Waals surface area contributed by atoms with E-state index in [1.807, 2.05) is 0 Å². The number of aromatic nitrogens is 1. The van der Waals surface area contributed by atoms with Gasteiger partial charge in [-0.25, -0.2) is 0 Å². The first-order chi connectivity index (χ1) is 10.5. The molecule has 0 bridgehead atoms. The molecule has 1 atom stereocenters. The number of pyridine rings is 1. The molecule has 4 N–H and O–H groups in total. The van der Waals surface area contributed by atoms with Crippen LogP contribution >= 0.6 is 11.3 Å². The minimum Gasteiger partial charge on any atom is -0.368 e. The Morgan fingerprint density at radius 1 is 1.18 bits per heavy atom. The van der Waals surface area contributed by atoms with E-state index < -0.39 is 17.9 Å². The maximum Gasteiger partial charge on any atom is 0.264 e. The topological polar surface area (TPSA) is 114 Å². The van der Waals surface area contributed by atoms with Crippen LogP contribution in [0.5, 0.6) is 0 Å². The highest BCUT2D eigenvalue weighted by atomic mass is 32.1. The van der Waals surface area contributed by atoms with Gasteiger partial charge in [-0.2, -0.15) is 0 Å². The van der Waals surface area contributed by atoms with Crippen molar-refractivity contribution >= 4 is 34.7 Å². The summed E-state index contributed by atoms with van der Waals surface area (Å²) in [7, 11) is 0. The van der Waals surface area contributed by atoms with Gasteiger partial charge in [-0.05, 0) is 30.5 Å². The normalized spacial score (nSPS) is 11.5. The highest BCUT2D eigenvalue weighted by molar-refractivity contribution is 7.12. The lowest BCUT2D eigenvalue weighted by atomic mass is 10.2. The minimum absolute atomic E-state index is 0.301. The SMILES string of the molecule is CC(NC(=O)c1sccc1NC(=O)c1ccncc1)C(N)=O. The molecule has 0 spiro atoms. The highest BCUT2D eigenvalue weighted by Crippen LogP contribution is 2.23. The number of rotatable bonds is 5. The van der Waals surface area contributed by atoms with E-state index in [0.29, 0.717) is 16.1 Å². The van der Waals surface area contributed by atoms with Crippen molar-refractivity contribution < 1.29 is 14.4 Å². The van der Waals surface area contributed by atoms with E-state index in [-0.39, 0.29) is 5.91 Å². The van der Waals surface area contributed by atoms with Crippen molar-refractivity contribution in [3.05, 3.63) is 46.4 Å². The van der Waals surface area contributed by atoms with Crippen LogP contribution in [0, 0.1) is 0 Å². The van der Waals surface area contributed by atoms with Crippen molar-refractivity contribution in [3.8, 4) is 0 Å². The molecule has 2 rings (SSSR count). The van der Waals surface area contributed by atoms with Gasteiger partial charge in [0.05, 0.1) is 5.69 Å². The third kappa shape index (κ3) is 3.67. The Bertz CT molecular complexity index is 699. The number of nitrogens with zero attached hydrogens (tertiary/aromatic N) is 1. The lowest BCUT2D eigenvalue weighted by Crippen LogP contribution is -2.42. The van der Waals surface area contributed by atoms with Crippen LogP contribution in [0.3, 0.4) is 0 Å². The van der Waals surface area contributed by atoms with Crippen LogP contribution in [0.15, 0.2) is 36.0 Å². The summed E-state index contributed by atoms with van der Waals surface area (Å²) in [5.74, 6) is -1.45. The number of nitrogens with one attached hydrogen (secondary N) is 2. The van der Waals surface area contributed by atoms with Crippen molar-refractivity contribution in [2.75, 3.05) is 5.32 Å². The molecule has 114 valence electrons. The van der Waals surface area contributed by atoms with E-state index in [1.165, 1.54) is 19.3 Å². The third-order valence-corrected chi connectivity index (χ3v) is 3.75. The quantitative estimate of drug-likeness (QED) is 0.763. The van der Waals surface area contributed by atoms with E-state index >= 15 is 0 Å². The highest BCUT2D eigenvalue weighted by Gasteiger charge is 2.19. The molecule has 0 aromatic carbocycles. The van der Waals surface area contributed by atoms with Gasteiger partial charge in [0, 0.05) is 18.0 Å². The minimum atomic E-state index is -0.793. The number of nitrogens with two attached hydrogens (primary N) is 1. The molecule has 0 aliphatic heterocycles. The Hall–Kier alpha value is -2.74. The van der Waals surface area contributed by atoms with Crippen molar-refractivity contribution in [2.45, 2.75) is 13.0 Å². The van der Waals surface area contributed by atoms with E-state index in [1.54, 1.807) is 23.6 Å². The summed E-state index contributed by atoms with van der Waals surface area (Å²) in [5, 5.41) is 6.80. The van der Waals surface area contributed by atoms with E-state index in [0.717, 1.165) is 11.3 Å². The van der Waals surface area contributed by atoms with Crippen LogP contribution in [0.2, 0.25) is 0 Å². The molecule has 0 aliphatic carbocycles. The molecule has 3 amide bonds. The Labute approximate surface area is 130 Å². The van der Waals surface area contributed by atoms with Gasteiger partial charge in [0.1, 0.15) is 10.9 Å². The van der Waals surface area contributed by atoms with Crippen LogP contribution in [0.1, 0.15) is 27.0 Å². The predicted molar refractivity (Wildman–Crippen MR) is 82.6 cm³/mol. The molecule has 0 aliphatic rings. The number of hydrogen-bond acceptors (Lipinski definition) is 5. The first-order valence-corrected chi connectivity index (χ1v) is 7.26. The number of hydrogen-bond donors (Lipinski definition) is 3. The molecule has 2 aromatic rings. The lowest BCUT2D eigenvalue weighted by Gasteiger charge is -2.11. The second kappa shape index (κ2) is 6.81. The summed E-state index contributed by atoms with van der Waals surface area (Å²) in [6.45, 7) is 1.49. The van der Waals surface area contributed by atoms with Gasteiger partial charge in [0.25, 0.3) is 11.8 Å². The Morgan fingerprint density at radius 3 is 2.50 bits per heavy atom. The van der Waals surface area contributed by atoms with Gasteiger partial charge in [0.2, 0.25) is 5.91 Å². The van der Waals surface area contributed by atoms with E-state index in [2.05, 4.69) is 15.6 Å². The number of carbonyl (C=O) groups excluding carboxylic acids is 3. The molecule has 7 nitrogen and oxygen atoms in total. The van der Waals surface area contributed by atoms with Gasteiger partial charge in [-0.1, -0.05) is 0 Å². The summed E-state index contributed by atoms with van der Waals surface area (Å²) in [6, 6.07) is 3.96. The van der Waals surface area contributed by atoms with Gasteiger partial charge >= 0.3 is 0 Å². The van der Waals surface area contributed by atoms with Gasteiger partial charge in [-0.15, -0.1) is 11.3 Å². The molecule has 2 heterocycles. The average molecular weight is 318 g/mol. The number of primary amides is 1. The molecule has 0 fully saturated rings. The second-order valence-electron chi connectivity index (χ2n) is 4.45. The standard InChI is InChI=1S/C14H14N4O3S/c1-8(12(15)19)17-14(21)11-10(4-7-22-11)18-13(20)9-2-5-16-6-3-9/h2-8H,1H3,(H2,15,19)(H,17,21)(H,18,20). The van der Waals surface area contributed by atoms with Crippen LogP contribution < -0.4 is 16.4 Å². The van der Waals surface area contributed by atoms with Crippen LogP contribution in [0.4, 0.5) is 5.69 Å². The Kier molecular flexibility index (Phi) is 4.84. The van der Waals surface area contributed by atoms with E-state index in [4.69, 9.17) is 5.73 Å². The zero-order chi connectivity index (χ0) is 16.1. The fraction of sp³-hybridized carbons (Fsp3) is 0.143. The molecule has 22 heavy (non-hydrogen) atoms.